The Morgan fingerprint density at radius 3 is 1.54 bits per heavy atom. The van der Waals surface area contributed by atoms with Gasteiger partial charge in [0.05, 0.1) is 0 Å². The van der Waals surface area contributed by atoms with E-state index in [0.29, 0.717) is 0 Å². The van der Waals surface area contributed by atoms with Crippen molar-refractivity contribution in [2.45, 2.75) is 144 Å². The summed E-state index contributed by atoms with van der Waals surface area (Å²) in [6.07, 6.45) is 6.02. The molecule has 7 rings (SSSR count). The molecule has 0 N–H and O–H groups in total. The van der Waals surface area contributed by atoms with Crippen LogP contribution < -0.4 is 0 Å². The van der Waals surface area contributed by atoms with E-state index in [2.05, 4.69) is 220 Å². The number of hydrogen-bond acceptors (Lipinski definition) is 0. The van der Waals surface area contributed by atoms with Crippen molar-refractivity contribution in [2.24, 2.45) is 5.41 Å². The highest BCUT2D eigenvalue weighted by molar-refractivity contribution is 5.99. The molecule has 0 heteroatoms. The first-order valence-corrected chi connectivity index (χ1v) is 21.4. The normalized spacial score (nSPS) is 17.5. The topological polar surface area (TPSA) is 0 Å². The van der Waals surface area contributed by atoms with E-state index >= 15 is 0 Å². The number of rotatable bonds is 4. The van der Waals surface area contributed by atoms with Gasteiger partial charge in [0.2, 0.25) is 0 Å². The number of allylic oxidation sites excluding steroid dienone is 3. The molecular weight excluding hydrogens is 685 g/mol. The van der Waals surface area contributed by atoms with Gasteiger partial charge in [-0.1, -0.05) is 196 Å². The Hall–Kier alpha value is -4.42. The third-order valence-corrected chi connectivity index (χ3v) is 12.9. The highest BCUT2D eigenvalue weighted by Crippen LogP contribution is 2.55. The van der Waals surface area contributed by atoms with Crippen molar-refractivity contribution in [2.75, 3.05) is 0 Å². The minimum atomic E-state index is -0.0940. The fourth-order valence-electron chi connectivity index (χ4n) is 9.14. The summed E-state index contributed by atoms with van der Waals surface area (Å²) >= 11 is 0. The summed E-state index contributed by atoms with van der Waals surface area (Å²) in [6.45, 7) is 37.7. The van der Waals surface area contributed by atoms with E-state index in [9.17, 15) is 0 Å². The summed E-state index contributed by atoms with van der Waals surface area (Å²) in [6, 6.07) is 38.0. The van der Waals surface area contributed by atoms with Crippen LogP contribution in [0.2, 0.25) is 0 Å². The van der Waals surface area contributed by atoms with Gasteiger partial charge in [-0.2, -0.15) is 0 Å². The lowest BCUT2D eigenvalue weighted by molar-refractivity contribution is 0.418. The van der Waals surface area contributed by atoms with Crippen LogP contribution >= 0.6 is 0 Å². The Morgan fingerprint density at radius 1 is 0.456 bits per heavy atom. The van der Waals surface area contributed by atoms with Crippen molar-refractivity contribution >= 4 is 11.6 Å². The van der Waals surface area contributed by atoms with E-state index < -0.39 is 0 Å². The van der Waals surface area contributed by atoms with Crippen LogP contribution in [0.25, 0.3) is 45.0 Å². The van der Waals surface area contributed by atoms with Crippen LogP contribution in [0.4, 0.5) is 0 Å². The second-order valence-electron chi connectivity index (χ2n) is 22.6. The van der Waals surface area contributed by atoms with E-state index in [0.717, 1.165) is 6.42 Å². The molecule has 2 aliphatic rings. The number of benzene rings is 5. The molecular formula is C57H68. The van der Waals surface area contributed by atoms with Gasteiger partial charge in [-0.3, -0.25) is 0 Å². The summed E-state index contributed by atoms with van der Waals surface area (Å²) in [7, 11) is 0. The van der Waals surface area contributed by atoms with Crippen LogP contribution in [-0.2, 0) is 27.1 Å². The minimum absolute atomic E-state index is 0.0204. The zero-order valence-electron chi connectivity index (χ0n) is 38.1. The molecule has 0 saturated heterocycles. The summed E-state index contributed by atoms with van der Waals surface area (Å²) in [5.41, 5.74) is 22.0. The molecule has 0 atom stereocenters. The lowest BCUT2D eigenvalue weighted by Gasteiger charge is -2.27. The summed E-state index contributed by atoms with van der Waals surface area (Å²) < 4.78 is 0. The molecule has 0 radical (unpaired) electrons. The Morgan fingerprint density at radius 2 is 0.965 bits per heavy atom. The molecule has 0 saturated carbocycles. The molecule has 2 aliphatic carbocycles. The predicted octanol–water partition coefficient (Wildman–Crippen LogP) is 16.4. The largest absolute Gasteiger partial charge is 0.0793 e. The Bertz CT molecular complexity index is 2440. The first-order valence-electron chi connectivity index (χ1n) is 21.4. The van der Waals surface area contributed by atoms with Gasteiger partial charge in [0.25, 0.3) is 0 Å². The predicted molar refractivity (Wildman–Crippen MR) is 250 cm³/mol. The van der Waals surface area contributed by atoms with E-state index in [4.69, 9.17) is 0 Å². The summed E-state index contributed by atoms with van der Waals surface area (Å²) in [5.74, 6) is 0. The summed E-state index contributed by atoms with van der Waals surface area (Å²) in [5, 5.41) is 0. The molecule has 296 valence electrons. The Balaban J connectivity index is 1.36. The summed E-state index contributed by atoms with van der Waals surface area (Å²) in [4.78, 5) is 0. The highest BCUT2D eigenvalue weighted by atomic mass is 14.4. The minimum Gasteiger partial charge on any atom is -0.0793 e. The van der Waals surface area contributed by atoms with Gasteiger partial charge < -0.3 is 0 Å². The van der Waals surface area contributed by atoms with Crippen molar-refractivity contribution in [1.29, 1.82) is 0 Å². The molecule has 0 heterocycles. The van der Waals surface area contributed by atoms with Gasteiger partial charge in [-0.25, -0.2) is 0 Å². The third-order valence-electron chi connectivity index (χ3n) is 12.9. The van der Waals surface area contributed by atoms with Gasteiger partial charge in [-0.15, -0.1) is 0 Å². The first-order chi connectivity index (χ1) is 26.3. The monoisotopic (exact) mass is 753 g/mol. The van der Waals surface area contributed by atoms with Gasteiger partial charge in [-0.05, 0) is 141 Å². The lowest BCUT2D eigenvalue weighted by atomic mass is 9.76. The maximum absolute atomic E-state index is 2.53. The van der Waals surface area contributed by atoms with Crippen LogP contribution in [0.15, 0.2) is 109 Å². The molecule has 0 aromatic heterocycles. The van der Waals surface area contributed by atoms with Gasteiger partial charge >= 0.3 is 0 Å². The highest BCUT2D eigenvalue weighted by Gasteiger charge is 2.40. The van der Waals surface area contributed by atoms with Gasteiger partial charge in [0.15, 0.2) is 0 Å². The fourth-order valence-corrected chi connectivity index (χ4v) is 9.14. The molecule has 0 bridgehead atoms. The van der Waals surface area contributed by atoms with Crippen molar-refractivity contribution in [3.63, 3.8) is 0 Å². The van der Waals surface area contributed by atoms with Crippen LogP contribution in [0.5, 0.6) is 0 Å². The molecule has 0 fully saturated rings. The molecule has 0 nitrogen and oxygen atoms in total. The van der Waals surface area contributed by atoms with Crippen LogP contribution in [0, 0.1) is 5.41 Å². The van der Waals surface area contributed by atoms with Gasteiger partial charge in [0, 0.05) is 10.8 Å². The van der Waals surface area contributed by atoms with Crippen LogP contribution in [-0.4, -0.2) is 0 Å². The molecule has 0 spiro atoms. The van der Waals surface area contributed by atoms with Crippen LogP contribution in [0.3, 0.4) is 0 Å². The average Bonchev–Trinajstić information content (AvgIpc) is 3.47. The molecule has 57 heavy (non-hydrogen) atoms. The second kappa shape index (κ2) is 13.6. The standard InChI is InChI=1S/C57H68/c1-52(2,3)28-27-47-46(43-25-23-40(53(4,5)6)33-48(43)56(47,13)14)30-36-19-17-20-37(29-36)38-21-18-22-39(31-38)45-32-42(55(10,11)12)35-50-51(45)44-26-24-41(54(7,8)9)34-49(44)57(50,15)16/h17-27,29-35H,28H2,1-16H3/b46-30+,47-27+. The van der Waals surface area contributed by atoms with E-state index in [1.165, 1.54) is 89.0 Å². The maximum Gasteiger partial charge on any atom is 0.0159 e. The van der Waals surface area contributed by atoms with Crippen LogP contribution in [0.1, 0.15) is 162 Å². The fraction of sp³-hybridized carbons (Fsp3) is 0.404. The average molecular weight is 753 g/mol. The van der Waals surface area contributed by atoms with E-state index in [1.54, 1.807) is 0 Å². The smallest absolute Gasteiger partial charge is 0.0159 e. The maximum atomic E-state index is 2.53. The molecule has 0 unspecified atom stereocenters. The lowest BCUT2D eigenvalue weighted by Crippen LogP contribution is -2.19. The SMILES string of the molecule is CC(C)(C)C/C=C1\C(=C\c2cccc(-c3cccc(-c4cc(C(C)(C)C)cc5c4-c4ccc(C(C)(C)C)cc4C5(C)C)c3)c2)c2ccc(C(C)(C)C)cc2C1(C)C. The molecule has 5 aromatic carbocycles. The quantitative estimate of drug-likeness (QED) is 0.171. The van der Waals surface area contributed by atoms with Crippen molar-refractivity contribution < 1.29 is 0 Å². The first kappa shape index (κ1) is 40.8. The number of fused-ring (bicyclic) bond motifs is 4. The van der Waals surface area contributed by atoms with E-state index in [1.807, 2.05) is 0 Å². The van der Waals surface area contributed by atoms with Crippen molar-refractivity contribution in [1.82, 2.24) is 0 Å². The second-order valence-corrected chi connectivity index (χ2v) is 22.6. The zero-order valence-corrected chi connectivity index (χ0v) is 38.1. The molecule has 5 aromatic rings. The van der Waals surface area contributed by atoms with E-state index in [-0.39, 0.29) is 32.5 Å². The zero-order chi connectivity index (χ0) is 41.7. The molecule has 0 aliphatic heterocycles. The Kier molecular flexibility index (Phi) is 9.71. The van der Waals surface area contributed by atoms with Gasteiger partial charge in [0.1, 0.15) is 0 Å². The van der Waals surface area contributed by atoms with Crippen molar-refractivity contribution in [3.05, 3.63) is 153 Å². The third kappa shape index (κ3) is 7.55. The molecule has 0 amide bonds. The Labute approximate surface area is 346 Å². The van der Waals surface area contributed by atoms with Crippen molar-refractivity contribution in [3.8, 4) is 33.4 Å². The number of hydrogen-bond donors (Lipinski definition) is 0.